The van der Waals surface area contributed by atoms with Crippen LogP contribution in [0.4, 0.5) is 8.78 Å². The standard InChI is InChI=1S/C14H15Cl2F2N5.HI/c1-19-14(21-7-9-2-3-10(15)6-11(9)16)22-8-12-20-4-5-23(12)13(17)18;/h2-6,13H,7-8H2,1H3,(H2,19,21,22);1H. The van der Waals surface area contributed by atoms with Crippen LogP contribution in [0.15, 0.2) is 35.6 Å². The molecule has 1 aromatic carbocycles. The lowest BCUT2D eigenvalue weighted by Gasteiger charge is -2.13. The van der Waals surface area contributed by atoms with Crippen LogP contribution >= 0.6 is 47.2 Å². The minimum Gasteiger partial charge on any atom is -0.352 e. The maximum absolute atomic E-state index is 12.7. The van der Waals surface area contributed by atoms with Crippen LogP contribution in [0.5, 0.6) is 0 Å². The van der Waals surface area contributed by atoms with Crippen LogP contribution in [0, 0.1) is 0 Å². The molecule has 24 heavy (non-hydrogen) atoms. The summed E-state index contributed by atoms with van der Waals surface area (Å²) in [7, 11) is 1.58. The lowest BCUT2D eigenvalue weighted by Crippen LogP contribution is -2.37. The third-order valence-corrected chi connectivity index (χ3v) is 3.65. The van der Waals surface area contributed by atoms with Crippen molar-refractivity contribution in [2.75, 3.05) is 7.05 Å². The molecule has 0 aliphatic heterocycles. The molecule has 2 N–H and O–H groups in total. The molecular weight excluding hydrogens is 474 g/mol. The third kappa shape index (κ3) is 5.75. The SMILES string of the molecule is CN=C(NCc1ccc(Cl)cc1Cl)NCc1nccn1C(F)F.I. The van der Waals surface area contributed by atoms with Crippen molar-refractivity contribution in [2.24, 2.45) is 4.99 Å². The zero-order chi connectivity index (χ0) is 16.8. The summed E-state index contributed by atoms with van der Waals surface area (Å²) in [5.41, 5.74) is 0.841. The first-order valence-electron chi connectivity index (χ1n) is 6.69. The van der Waals surface area contributed by atoms with Gasteiger partial charge in [0.05, 0.1) is 6.54 Å². The molecule has 1 aromatic heterocycles. The Labute approximate surface area is 165 Å². The van der Waals surface area contributed by atoms with Crippen molar-refractivity contribution in [3.63, 3.8) is 0 Å². The number of guanidine groups is 1. The van der Waals surface area contributed by atoms with Crippen molar-refractivity contribution in [3.8, 4) is 0 Å². The Kier molecular flexibility index (Phi) is 8.71. The first kappa shape index (κ1) is 20.9. The molecule has 0 aliphatic carbocycles. The molecule has 132 valence electrons. The van der Waals surface area contributed by atoms with Crippen LogP contribution in [-0.4, -0.2) is 22.6 Å². The highest BCUT2D eigenvalue weighted by molar-refractivity contribution is 14.0. The zero-order valence-corrected chi connectivity index (χ0v) is 16.5. The van der Waals surface area contributed by atoms with Crippen molar-refractivity contribution < 1.29 is 8.78 Å². The zero-order valence-electron chi connectivity index (χ0n) is 12.6. The predicted molar refractivity (Wildman–Crippen MR) is 102 cm³/mol. The molecule has 0 unspecified atom stereocenters. The average Bonchev–Trinajstić information content (AvgIpc) is 2.98. The van der Waals surface area contributed by atoms with E-state index in [-0.39, 0.29) is 36.3 Å². The highest BCUT2D eigenvalue weighted by atomic mass is 127. The molecule has 2 rings (SSSR count). The van der Waals surface area contributed by atoms with E-state index in [1.54, 1.807) is 25.2 Å². The Balaban J connectivity index is 0.00000288. The van der Waals surface area contributed by atoms with Gasteiger partial charge in [0.2, 0.25) is 0 Å². The van der Waals surface area contributed by atoms with E-state index in [1.807, 2.05) is 0 Å². The van der Waals surface area contributed by atoms with Gasteiger partial charge >= 0.3 is 6.55 Å². The molecule has 0 aliphatic rings. The van der Waals surface area contributed by atoms with E-state index in [2.05, 4.69) is 20.6 Å². The summed E-state index contributed by atoms with van der Waals surface area (Å²) < 4.78 is 26.3. The second kappa shape index (κ2) is 10.00. The van der Waals surface area contributed by atoms with Gasteiger partial charge in [0.25, 0.3) is 0 Å². The Bertz CT molecular complexity index is 694. The Morgan fingerprint density at radius 1 is 1.29 bits per heavy atom. The molecule has 0 spiro atoms. The van der Waals surface area contributed by atoms with Crippen molar-refractivity contribution >= 4 is 53.1 Å². The lowest BCUT2D eigenvalue weighted by atomic mass is 10.2. The number of hydrogen-bond donors (Lipinski definition) is 2. The molecule has 1 heterocycles. The number of halogens is 5. The van der Waals surface area contributed by atoms with Crippen LogP contribution in [0.25, 0.3) is 0 Å². The van der Waals surface area contributed by atoms with Crippen LogP contribution in [-0.2, 0) is 13.1 Å². The second-order valence-corrected chi connectivity index (χ2v) is 5.39. The van der Waals surface area contributed by atoms with E-state index in [0.717, 1.165) is 10.1 Å². The summed E-state index contributed by atoms with van der Waals surface area (Å²) in [6.07, 6.45) is 2.55. The van der Waals surface area contributed by atoms with Gasteiger partial charge < -0.3 is 10.6 Å². The fourth-order valence-electron chi connectivity index (χ4n) is 1.89. The number of benzene rings is 1. The molecule has 0 atom stereocenters. The highest BCUT2D eigenvalue weighted by Crippen LogP contribution is 2.20. The van der Waals surface area contributed by atoms with E-state index in [1.165, 1.54) is 12.4 Å². The number of nitrogens with zero attached hydrogens (tertiary/aromatic N) is 3. The Morgan fingerprint density at radius 2 is 2.00 bits per heavy atom. The van der Waals surface area contributed by atoms with Crippen molar-refractivity contribution in [2.45, 2.75) is 19.6 Å². The monoisotopic (exact) mass is 489 g/mol. The van der Waals surface area contributed by atoms with Gasteiger partial charge in [0.15, 0.2) is 5.96 Å². The summed E-state index contributed by atoms with van der Waals surface area (Å²) in [5, 5.41) is 7.06. The largest absolute Gasteiger partial charge is 0.352 e. The number of aliphatic imine (C=N–C) groups is 1. The van der Waals surface area contributed by atoms with Crippen molar-refractivity contribution in [1.82, 2.24) is 20.2 Å². The quantitative estimate of drug-likeness (QED) is 0.378. The summed E-state index contributed by atoms with van der Waals surface area (Å²) >= 11 is 11.9. The number of rotatable bonds is 5. The number of aromatic nitrogens is 2. The van der Waals surface area contributed by atoms with Crippen molar-refractivity contribution in [1.29, 1.82) is 0 Å². The highest BCUT2D eigenvalue weighted by Gasteiger charge is 2.11. The normalized spacial score (nSPS) is 11.3. The van der Waals surface area contributed by atoms with E-state index in [4.69, 9.17) is 23.2 Å². The van der Waals surface area contributed by atoms with E-state index >= 15 is 0 Å². The molecule has 0 amide bonds. The molecule has 10 heteroatoms. The third-order valence-electron chi connectivity index (χ3n) is 3.06. The fraction of sp³-hybridized carbons (Fsp3) is 0.286. The van der Waals surface area contributed by atoms with Gasteiger partial charge in [-0.2, -0.15) is 8.78 Å². The van der Waals surface area contributed by atoms with Gasteiger partial charge in [-0.05, 0) is 17.7 Å². The first-order valence-corrected chi connectivity index (χ1v) is 7.45. The topological polar surface area (TPSA) is 54.2 Å². The number of imidazole rings is 1. The minimum absolute atomic E-state index is 0. The van der Waals surface area contributed by atoms with Crippen LogP contribution in [0.3, 0.4) is 0 Å². The molecule has 0 saturated heterocycles. The minimum atomic E-state index is -2.63. The van der Waals surface area contributed by atoms with E-state index in [9.17, 15) is 8.78 Å². The molecule has 0 saturated carbocycles. The van der Waals surface area contributed by atoms with Crippen LogP contribution in [0.2, 0.25) is 10.0 Å². The molecule has 0 bridgehead atoms. The van der Waals surface area contributed by atoms with Gasteiger partial charge in [0, 0.05) is 36.0 Å². The van der Waals surface area contributed by atoms with Crippen LogP contribution in [0.1, 0.15) is 17.9 Å². The smallest absolute Gasteiger partial charge is 0.319 e. The summed E-state index contributed by atoms with van der Waals surface area (Å²) in [6.45, 7) is -2.10. The van der Waals surface area contributed by atoms with E-state index < -0.39 is 6.55 Å². The molecule has 2 aromatic rings. The summed E-state index contributed by atoms with van der Waals surface area (Å²) in [6, 6.07) is 5.18. The van der Waals surface area contributed by atoms with E-state index in [0.29, 0.717) is 22.5 Å². The predicted octanol–water partition coefficient (Wildman–Crippen LogP) is 4.07. The molecule has 0 radical (unpaired) electrons. The summed E-state index contributed by atoms with van der Waals surface area (Å²) in [5.74, 6) is 0.660. The Morgan fingerprint density at radius 3 is 2.62 bits per heavy atom. The maximum atomic E-state index is 12.7. The first-order chi connectivity index (χ1) is 11.0. The summed E-state index contributed by atoms with van der Waals surface area (Å²) in [4.78, 5) is 7.91. The molecule has 0 fully saturated rings. The second-order valence-electron chi connectivity index (χ2n) is 4.54. The van der Waals surface area contributed by atoms with Gasteiger partial charge in [-0.15, -0.1) is 24.0 Å². The maximum Gasteiger partial charge on any atom is 0.319 e. The van der Waals surface area contributed by atoms with Gasteiger partial charge in [-0.3, -0.25) is 9.56 Å². The van der Waals surface area contributed by atoms with Gasteiger partial charge in [-0.25, -0.2) is 4.98 Å². The number of alkyl halides is 2. The Hall–Kier alpha value is -1.13. The number of hydrogen-bond acceptors (Lipinski definition) is 2. The van der Waals surface area contributed by atoms with Gasteiger partial charge in [-0.1, -0.05) is 29.3 Å². The van der Waals surface area contributed by atoms with Crippen LogP contribution < -0.4 is 10.6 Å². The van der Waals surface area contributed by atoms with Gasteiger partial charge in [0.1, 0.15) is 5.82 Å². The fourth-order valence-corrected chi connectivity index (χ4v) is 2.36. The molecular formula is C14H16Cl2F2IN5. The lowest BCUT2D eigenvalue weighted by molar-refractivity contribution is 0.0668. The van der Waals surface area contributed by atoms with Crippen molar-refractivity contribution in [3.05, 3.63) is 52.0 Å². The average molecular weight is 490 g/mol. The number of nitrogens with one attached hydrogen (secondary N) is 2. The molecule has 5 nitrogen and oxygen atoms in total.